The lowest BCUT2D eigenvalue weighted by atomic mass is 10.0. The van der Waals surface area contributed by atoms with E-state index in [4.69, 9.17) is 11.5 Å². The van der Waals surface area contributed by atoms with Crippen LogP contribution in [0.3, 0.4) is 0 Å². The highest BCUT2D eigenvalue weighted by molar-refractivity contribution is 8.00. The molecule has 1 aliphatic heterocycles. The molecule has 4 N–H and O–H groups in total. The molecule has 4 heteroatoms. The maximum atomic E-state index is 10.5. The lowest BCUT2D eigenvalue weighted by Gasteiger charge is -2.25. The minimum absolute atomic E-state index is 0.378. The molecule has 1 heterocycles. The van der Waals surface area contributed by atoms with Gasteiger partial charge in [-0.05, 0) is 30.3 Å². The van der Waals surface area contributed by atoms with Gasteiger partial charge in [0.05, 0.1) is 6.04 Å². The molecule has 0 aromatic carbocycles. The fraction of sp³-hybridized carbons (Fsp3) is 0.857. The van der Waals surface area contributed by atoms with Gasteiger partial charge in [-0.15, -0.1) is 0 Å². The molecule has 64 valence electrons. The summed E-state index contributed by atoms with van der Waals surface area (Å²) in [7, 11) is 0. The van der Waals surface area contributed by atoms with Gasteiger partial charge in [-0.2, -0.15) is 11.8 Å². The molecule has 3 nitrogen and oxygen atoms in total. The first-order chi connectivity index (χ1) is 5.20. The van der Waals surface area contributed by atoms with Crippen LogP contribution in [0.2, 0.25) is 0 Å². The van der Waals surface area contributed by atoms with Crippen molar-refractivity contribution in [3.05, 3.63) is 0 Å². The summed E-state index contributed by atoms with van der Waals surface area (Å²) in [6, 6.07) is -0.430. The third-order valence-electron chi connectivity index (χ3n) is 1.96. The Balaban J connectivity index is 2.05. The maximum absolute atomic E-state index is 10.5. The Labute approximate surface area is 70.9 Å². The van der Waals surface area contributed by atoms with Gasteiger partial charge in [0.15, 0.2) is 0 Å². The highest BCUT2D eigenvalue weighted by Gasteiger charge is 2.19. The van der Waals surface area contributed by atoms with Crippen LogP contribution in [-0.4, -0.2) is 23.5 Å². The zero-order chi connectivity index (χ0) is 8.27. The van der Waals surface area contributed by atoms with Gasteiger partial charge in [-0.3, -0.25) is 4.79 Å². The van der Waals surface area contributed by atoms with Gasteiger partial charge in [0.1, 0.15) is 0 Å². The highest BCUT2D eigenvalue weighted by atomic mass is 32.2. The second kappa shape index (κ2) is 3.97. The highest BCUT2D eigenvalue weighted by Crippen LogP contribution is 2.28. The number of primary amides is 1. The lowest BCUT2D eigenvalue weighted by molar-refractivity contribution is -0.119. The average molecular weight is 174 g/mol. The summed E-state index contributed by atoms with van der Waals surface area (Å²) in [4.78, 5) is 10.5. The second-order valence-electron chi connectivity index (χ2n) is 2.99. The Hall–Kier alpha value is -0.220. The predicted molar refractivity (Wildman–Crippen MR) is 47.2 cm³/mol. The van der Waals surface area contributed by atoms with Crippen molar-refractivity contribution in [3.8, 4) is 0 Å². The van der Waals surface area contributed by atoms with E-state index >= 15 is 0 Å². The van der Waals surface area contributed by atoms with E-state index in [1.807, 2.05) is 11.8 Å². The Morgan fingerprint density at radius 1 is 1.64 bits per heavy atom. The maximum Gasteiger partial charge on any atom is 0.234 e. The molecular weight excluding hydrogens is 160 g/mol. The van der Waals surface area contributed by atoms with Crippen LogP contribution >= 0.6 is 11.8 Å². The molecule has 0 aromatic rings. The molecule has 1 amide bonds. The number of carbonyl (C=O) groups is 1. The van der Waals surface area contributed by atoms with E-state index in [2.05, 4.69) is 0 Å². The van der Waals surface area contributed by atoms with Crippen molar-refractivity contribution in [3.63, 3.8) is 0 Å². The normalized spacial score (nSPS) is 20.8. The van der Waals surface area contributed by atoms with Crippen LogP contribution in [0.25, 0.3) is 0 Å². The van der Waals surface area contributed by atoms with Gasteiger partial charge in [-0.25, -0.2) is 0 Å². The molecule has 11 heavy (non-hydrogen) atoms. The molecule has 0 bridgehead atoms. The summed E-state index contributed by atoms with van der Waals surface area (Å²) >= 11 is 1.95. The standard InChI is InChI=1S/C7H14N2OS/c8-6(7(9)10)2-1-5-3-11-4-5/h5-6H,1-4,8H2,(H2,9,10). The summed E-state index contributed by atoms with van der Waals surface area (Å²) in [6.07, 6.45) is 1.80. The first kappa shape index (κ1) is 8.87. The van der Waals surface area contributed by atoms with Crippen molar-refractivity contribution in [2.24, 2.45) is 17.4 Å². The summed E-state index contributed by atoms with van der Waals surface area (Å²) in [5.74, 6) is 2.86. The van der Waals surface area contributed by atoms with E-state index in [0.717, 1.165) is 18.8 Å². The van der Waals surface area contributed by atoms with Crippen LogP contribution in [0, 0.1) is 5.92 Å². The van der Waals surface area contributed by atoms with E-state index in [-0.39, 0.29) is 5.91 Å². The average Bonchev–Trinajstić information content (AvgIpc) is 1.83. The molecule has 1 fully saturated rings. The van der Waals surface area contributed by atoms with Gasteiger partial charge in [0.2, 0.25) is 5.91 Å². The lowest BCUT2D eigenvalue weighted by Crippen LogP contribution is -2.37. The number of thioether (sulfide) groups is 1. The number of hydrogen-bond acceptors (Lipinski definition) is 3. The SMILES string of the molecule is NC(=O)C(N)CCC1CSC1. The first-order valence-corrected chi connectivity index (χ1v) is 4.98. The van der Waals surface area contributed by atoms with Crippen LogP contribution in [0.4, 0.5) is 0 Å². The summed E-state index contributed by atoms with van der Waals surface area (Å²) in [5, 5.41) is 0. The fourth-order valence-corrected chi connectivity index (χ4v) is 1.91. The van der Waals surface area contributed by atoms with Crippen LogP contribution in [-0.2, 0) is 4.79 Å². The minimum atomic E-state index is -0.430. The molecule has 1 aliphatic rings. The van der Waals surface area contributed by atoms with E-state index in [1.54, 1.807) is 0 Å². The van der Waals surface area contributed by atoms with Crippen molar-refractivity contribution in [1.82, 2.24) is 0 Å². The van der Waals surface area contributed by atoms with E-state index in [0.29, 0.717) is 0 Å². The Kier molecular flexibility index (Phi) is 3.20. The molecule has 1 atom stereocenters. The largest absolute Gasteiger partial charge is 0.368 e. The first-order valence-electron chi connectivity index (χ1n) is 3.83. The Morgan fingerprint density at radius 2 is 2.27 bits per heavy atom. The van der Waals surface area contributed by atoms with E-state index < -0.39 is 6.04 Å². The van der Waals surface area contributed by atoms with Gasteiger partial charge < -0.3 is 11.5 Å². The molecule has 0 radical (unpaired) electrons. The molecule has 1 rings (SSSR count). The molecule has 1 saturated heterocycles. The minimum Gasteiger partial charge on any atom is -0.368 e. The number of rotatable bonds is 4. The van der Waals surface area contributed by atoms with Crippen LogP contribution in [0.15, 0.2) is 0 Å². The molecule has 1 unspecified atom stereocenters. The van der Waals surface area contributed by atoms with Crippen LogP contribution < -0.4 is 11.5 Å². The quantitative estimate of drug-likeness (QED) is 0.627. The molecule has 0 saturated carbocycles. The third kappa shape index (κ3) is 2.71. The molecule has 0 aliphatic carbocycles. The van der Waals surface area contributed by atoms with Crippen molar-refractivity contribution >= 4 is 17.7 Å². The van der Waals surface area contributed by atoms with Gasteiger partial charge in [0, 0.05) is 0 Å². The number of hydrogen-bond donors (Lipinski definition) is 2. The number of carbonyl (C=O) groups excluding carboxylic acids is 1. The van der Waals surface area contributed by atoms with Crippen LogP contribution in [0.5, 0.6) is 0 Å². The van der Waals surface area contributed by atoms with Crippen molar-refractivity contribution < 1.29 is 4.79 Å². The van der Waals surface area contributed by atoms with Gasteiger partial charge in [0.25, 0.3) is 0 Å². The summed E-state index contributed by atoms with van der Waals surface area (Å²) in [6.45, 7) is 0. The zero-order valence-electron chi connectivity index (χ0n) is 6.45. The van der Waals surface area contributed by atoms with Crippen molar-refractivity contribution in [2.75, 3.05) is 11.5 Å². The Bertz CT molecular complexity index is 147. The molecule has 0 aromatic heterocycles. The number of amides is 1. The third-order valence-corrected chi connectivity index (χ3v) is 3.37. The topological polar surface area (TPSA) is 69.1 Å². The Morgan fingerprint density at radius 3 is 2.64 bits per heavy atom. The fourth-order valence-electron chi connectivity index (χ4n) is 1.01. The van der Waals surface area contributed by atoms with Gasteiger partial charge in [-0.1, -0.05) is 0 Å². The van der Waals surface area contributed by atoms with Crippen molar-refractivity contribution in [1.29, 1.82) is 0 Å². The summed E-state index contributed by atoms with van der Waals surface area (Å²) < 4.78 is 0. The van der Waals surface area contributed by atoms with Crippen molar-refractivity contribution in [2.45, 2.75) is 18.9 Å². The number of nitrogens with two attached hydrogens (primary N) is 2. The monoisotopic (exact) mass is 174 g/mol. The van der Waals surface area contributed by atoms with Crippen LogP contribution in [0.1, 0.15) is 12.8 Å². The van der Waals surface area contributed by atoms with E-state index in [1.165, 1.54) is 11.5 Å². The smallest absolute Gasteiger partial charge is 0.234 e. The second-order valence-corrected chi connectivity index (χ2v) is 4.06. The molecule has 0 spiro atoms. The summed E-state index contributed by atoms with van der Waals surface area (Å²) in [5.41, 5.74) is 10.5. The van der Waals surface area contributed by atoms with E-state index in [9.17, 15) is 4.79 Å². The predicted octanol–water partition coefficient (Wildman–Crippen LogP) is -0.0578. The zero-order valence-corrected chi connectivity index (χ0v) is 7.27. The van der Waals surface area contributed by atoms with Gasteiger partial charge >= 0.3 is 0 Å². The molecular formula is C7H14N2OS.